The molecule has 1 saturated heterocycles. The lowest BCUT2D eigenvalue weighted by molar-refractivity contribution is 0.0634. The number of nitrogens with zero attached hydrogens (tertiary/aromatic N) is 1. The summed E-state index contributed by atoms with van der Waals surface area (Å²) in [5.41, 5.74) is -0.199. The summed E-state index contributed by atoms with van der Waals surface area (Å²) in [5, 5.41) is 5.67. The number of ether oxygens (including phenoxy) is 1. The Morgan fingerprint density at radius 3 is 2.85 bits per heavy atom. The van der Waals surface area contributed by atoms with Crippen LogP contribution in [-0.4, -0.2) is 34.8 Å². The standard InChI is InChI=1S/C13H20N4O3/c1-13(2,3)20-12(19)17-11-15-9(6-10(18)16-11)8-4-5-14-7-8/h6,8,14H,4-5,7H2,1-3H3,(H2,15,16,17,18,19). The van der Waals surface area contributed by atoms with Gasteiger partial charge in [-0.3, -0.25) is 15.1 Å². The molecule has 1 fully saturated rings. The van der Waals surface area contributed by atoms with Crippen LogP contribution < -0.4 is 16.2 Å². The molecule has 1 aromatic heterocycles. The van der Waals surface area contributed by atoms with Gasteiger partial charge in [0.15, 0.2) is 0 Å². The van der Waals surface area contributed by atoms with E-state index in [0.717, 1.165) is 19.5 Å². The third-order valence-corrected chi connectivity index (χ3v) is 2.86. The lowest BCUT2D eigenvalue weighted by atomic mass is 10.1. The van der Waals surface area contributed by atoms with E-state index in [1.165, 1.54) is 6.07 Å². The van der Waals surface area contributed by atoms with Crippen LogP contribution in [0.2, 0.25) is 0 Å². The Morgan fingerprint density at radius 1 is 1.50 bits per heavy atom. The molecule has 1 unspecified atom stereocenters. The van der Waals surface area contributed by atoms with Gasteiger partial charge in [-0.05, 0) is 33.7 Å². The maximum Gasteiger partial charge on any atom is 0.414 e. The molecule has 1 aromatic rings. The summed E-state index contributed by atoms with van der Waals surface area (Å²) in [5.74, 6) is 0.324. The summed E-state index contributed by atoms with van der Waals surface area (Å²) in [6, 6.07) is 1.47. The Kier molecular flexibility index (Phi) is 4.08. The van der Waals surface area contributed by atoms with Crippen molar-refractivity contribution in [1.82, 2.24) is 15.3 Å². The zero-order valence-corrected chi connectivity index (χ0v) is 11.9. The molecule has 0 bridgehead atoms. The van der Waals surface area contributed by atoms with Crippen molar-refractivity contribution in [1.29, 1.82) is 0 Å². The Labute approximate surface area is 117 Å². The van der Waals surface area contributed by atoms with Crippen molar-refractivity contribution in [2.24, 2.45) is 0 Å². The Bertz CT molecular complexity index is 541. The molecular weight excluding hydrogens is 260 g/mol. The molecule has 1 aliphatic heterocycles. The first-order valence-electron chi connectivity index (χ1n) is 6.65. The second-order valence-electron chi connectivity index (χ2n) is 5.84. The molecule has 1 atom stereocenters. The SMILES string of the molecule is CC(C)(C)OC(=O)Nc1nc(C2CCNC2)cc(=O)[nH]1. The van der Waals surface area contributed by atoms with Crippen molar-refractivity contribution >= 4 is 12.0 Å². The number of hydrogen-bond acceptors (Lipinski definition) is 5. The van der Waals surface area contributed by atoms with Gasteiger partial charge < -0.3 is 10.1 Å². The van der Waals surface area contributed by atoms with Crippen molar-refractivity contribution in [2.75, 3.05) is 18.4 Å². The van der Waals surface area contributed by atoms with E-state index in [-0.39, 0.29) is 17.4 Å². The molecule has 2 rings (SSSR count). The molecule has 1 amide bonds. The minimum Gasteiger partial charge on any atom is -0.444 e. The Hall–Kier alpha value is -1.89. The Balaban J connectivity index is 2.12. The third kappa shape index (κ3) is 4.06. The van der Waals surface area contributed by atoms with Gasteiger partial charge in [0.1, 0.15) is 5.60 Å². The minimum absolute atomic E-state index is 0.119. The number of aromatic amines is 1. The highest BCUT2D eigenvalue weighted by molar-refractivity contribution is 5.82. The summed E-state index contributed by atoms with van der Waals surface area (Å²) in [4.78, 5) is 30.1. The van der Waals surface area contributed by atoms with E-state index in [9.17, 15) is 9.59 Å². The monoisotopic (exact) mass is 280 g/mol. The molecular formula is C13H20N4O3. The fraction of sp³-hybridized carbons (Fsp3) is 0.615. The molecule has 3 N–H and O–H groups in total. The molecule has 20 heavy (non-hydrogen) atoms. The number of carbonyl (C=O) groups is 1. The fourth-order valence-corrected chi connectivity index (χ4v) is 2.05. The summed E-state index contributed by atoms with van der Waals surface area (Å²) in [6.45, 7) is 7.01. The smallest absolute Gasteiger partial charge is 0.414 e. The van der Waals surface area contributed by atoms with Gasteiger partial charge in [0.05, 0.1) is 5.69 Å². The van der Waals surface area contributed by atoms with E-state index < -0.39 is 11.7 Å². The lowest BCUT2D eigenvalue weighted by Gasteiger charge is -2.19. The first kappa shape index (κ1) is 14.5. The molecule has 0 aromatic carbocycles. The van der Waals surface area contributed by atoms with Crippen LogP contribution >= 0.6 is 0 Å². The molecule has 1 aliphatic rings. The van der Waals surface area contributed by atoms with Crippen molar-refractivity contribution in [3.63, 3.8) is 0 Å². The Morgan fingerprint density at radius 2 is 2.25 bits per heavy atom. The van der Waals surface area contributed by atoms with E-state index in [1.54, 1.807) is 20.8 Å². The lowest BCUT2D eigenvalue weighted by Crippen LogP contribution is -2.28. The summed E-state index contributed by atoms with van der Waals surface area (Å²) in [7, 11) is 0. The predicted molar refractivity (Wildman–Crippen MR) is 74.9 cm³/mol. The second-order valence-corrected chi connectivity index (χ2v) is 5.84. The van der Waals surface area contributed by atoms with E-state index in [1.807, 2.05) is 0 Å². The zero-order valence-electron chi connectivity index (χ0n) is 11.9. The highest BCUT2D eigenvalue weighted by Gasteiger charge is 2.20. The van der Waals surface area contributed by atoms with Crippen LogP contribution in [0, 0.1) is 0 Å². The number of anilines is 1. The summed E-state index contributed by atoms with van der Waals surface area (Å²) >= 11 is 0. The topological polar surface area (TPSA) is 96.1 Å². The van der Waals surface area contributed by atoms with Gasteiger partial charge in [0.25, 0.3) is 5.56 Å². The predicted octanol–water partition coefficient (Wildman–Crippen LogP) is 1.19. The van der Waals surface area contributed by atoms with Crippen molar-refractivity contribution in [3.8, 4) is 0 Å². The van der Waals surface area contributed by atoms with Crippen LogP contribution in [0.5, 0.6) is 0 Å². The van der Waals surface area contributed by atoms with Crippen LogP contribution in [-0.2, 0) is 4.74 Å². The van der Waals surface area contributed by atoms with Gasteiger partial charge in [-0.1, -0.05) is 0 Å². The zero-order chi connectivity index (χ0) is 14.8. The highest BCUT2D eigenvalue weighted by Crippen LogP contribution is 2.19. The highest BCUT2D eigenvalue weighted by atomic mass is 16.6. The number of hydrogen-bond donors (Lipinski definition) is 3. The quantitative estimate of drug-likeness (QED) is 0.756. The summed E-state index contributed by atoms with van der Waals surface area (Å²) in [6.07, 6.45) is 0.296. The number of H-pyrrole nitrogens is 1. The fourth-order valence-electron chi connectivity index (χ4n) is 2.05. The van der Waals surface area contributed by atoms with Crippen molar-refractivity contribution < 1.29 is 9.53 Å². The summed E-state index contributed by atoms with van der Waals surface area (Å²) < 4.78 is 5.12. The average molecular weight is 280 g/mol. The first-order valence-corrected chi connectivity index (χ1v) is 6.65. The maximum atomic E-state index is 11.7. The third-order valence-electron chi connectivity index (χ3n) is 2.86. The van der Waals surface area contributed by atoms with Crippen LogP contribution in [0.4, 0.5) is 10.7 Å². The maximum absolute atomic E-state index is 11.7. The van der Waals surface area contributed by atoms with E-state index >= 15 is 0 Å². The number of aromatic nitrogens is 2. The molecule has 2 heterocycles. The van der Waals surface area contributed by atoms with Gasteiger partial charge in [-0.15, -0.1) is 0 Å². The van der Waals surface area contributed by atoms with Gasteiger partial charge in [0, 0.05) is 18.5 Å². The average Bonchev–Trinajstić information content (AvgIpc) is 2.78. The van der Waals surface area contributed by atoms with E-state index in [4.69, 9.17) is 4.74 Å². The van der Waals surface area contributed by atoms with Gasteiger partial charge in [-0.2, -0.15) is 0 Å². The molecule has 0 saturated carbocycles. The molecule has 0 aliphatic carbocycles. The van der Waals surface area contributed by atoms with Gasteiger partial charge in [0.2, 0.25) is 5.95 Å². The molecule has 0 radical (unpaired) electrons. The normalized spacial score (nSPS) is 18.9. The van der Waals surface area contributed by atoms with Crippen LogP contribution in [0.15, 0.2) is 10.9 Å². The van der Waals surface area contributed by atoms with Crippen molar-refractivity contribution in [3.05, 3.63) is 22.1 Å². The van der Waals surface area contributed by atoms with Crippen LogP contribution in [0.25, 0.3) is 0 Å². The molecule has 0 spiro atoms. The van der Waals surface area contributed by atoms with E-state index in [0.29, 0.717) is 5.69 Å². The number of carbonyl (C=O) groups excluding carboxylic acids is 1. The minimum atomic E-state index is -0.637. The number of nitrogens with one attached hydrogen (secondary N) is 3. The molecule has 110 valence electrons. The van der Waals surface area contributed by atoms with Gasteiger partial charge >= 0.3 is 6.09 Å². The molecule has 7 heteroatoms. The number of rotatable bonds is 2. The van der Waals surface area contributed by atoms with Crippen LogP contribution in [0.1, 0.15) is 38.8 Å². The molecule has 7 nitrogen and oxygen atoms in total. The van der Waals surface area contributed by atoms with Crippen LogP contribution in [0.3, 0.4) is 0 Å². The number of amides is 1. The van der Waals surface area contributed by atoms with E-state index in [2.05, 4.69) is 20.6 Å². The van der Waals surface area contributed by atoms with Crippen molar-refractivity contribution in [2.45, 2.75) is 38.7 Å². The first-order chi connectivity index (χ1) is 9.33. The van der Waals surface area contributed by atoms with Gasteiger partial charge in [-0.25, -0.2) is 9.78 Å². The second kappa shape index (κ2) is 5.62. The largest absolute Gasteiger partial charge is 0.444 e.